The highest BCUT2D eigenvalue weighted by Gasteiger charge is 2.32. The van der Waals surface area contributed by atoms with E-state index in [1.165, 1.54) is 0 Å². The van der Waals surface area contributed by atoms with Crippen LogP contribution in [0.4, 0.5) is 0 Å². The minimum Gasteiger partial charge on any atom is -0.480 e. The Kier molecular flexibility index (Phi) is 10.8. The maximum Gasteiger partial charge on any atom is 0.322 e. The number of carbonyl (C=O) groups is 5. The number of aliphatic carboxylic acids is 1. The second kappa shape index (κ2) is 11.9. The van der Waals surface area contributed by atoms with Crippen LogP contribution in [0.2, 0.25) is 0 Å². The van der Waals surface area contributed by atoms with Crippen LogP contribution in [0.3, 0.4) is 0 Å². The van der Waals surface area contributed by atoms with Gasteiger partial charge in [-0.3, -0.25) is 24.0 Å². The third-order valence-electron chi connectivity index (χ3n) is 4.21. The van der Waals surface area contributed by atoms with Crippen molar-refractivity contribution in [2.45, 2.75) is 58.7 Å². The fourth-order valence-corrected chi connectivity index (χ4v) is 2.32. The van der Waals surface area contributed by atoms with Gasteiger partial charge in [0, 0.05) is 0 Å². The highest BCUT2D eigenvalue weighted by Crippen LogP contribution is 2.10. The fourth-order valence-electron chi connectivity index (χ4n) is 2.32. The minimum absolute atomic E-state index is 0.292. The van der Waals surface area contributed by atoms with Crippen LogP contribution >= 0.6 is 0 Å². The number of carboxylic acids is 1. The van der Waals surface area contributed by atoms with Crippen LogP contribution in [-0.4, -0.2) is 59.4 Å². The van der Waals surface area contributed by atoms with E-state index in [0.29, 0.717) is 6.42 Å². The number of carbonyl (C=O) groups excluding carboxylic acids is 4. The molecule has 4 unspecified atom stereocenters. The summed E-state index contributed by atoms with van der Waals surface area (Å²) in [7, 11) is 0. The second-order valence-electron chi connectivity index (χ2n) is 6.99. The average Bonchev–Trinajstić information content (AvgIpc) is 2.59. The van der Waals surface area contributed by atoms with Gasteiger partial charge in [-0.2, -0.15) is 0 Å². The first kappa shape index (κ1) is 25.3. The summed E-state index contributed by atoms with van der Waals surface area (Å²) in [5.41, 5.74) is 10.6. The molecule has 11 nitrogen and oxygen atoms in total. The SMILES string of the molecule is CCC(C)C(NC(=O)C(N)CC(N)=O)C(=O)NC(C(=O)NCC(=O)O)C(C)C. The Labute approximate surface area is 164 Å². The summed E-state index contributed by atoms with van der Waals surface area (Å²) in [6.07, 6.45) is 0.174. The van der Waals surface area contributed by atoms with Gasteiger partial charge >= 0.3 is 5.97 Å². The molecule has 0 bridgehead atoms. The highest BCUT2D eigenvalue weighted by atomic mass is 16.4. The van der Waals surface area contributed by atoms with E-state index in [-0.39, 0.29) is 18.3 Å². The minimum atomic E-state index is -1.21. The molecule has 4 amide bonds. The molecule has 0 rings (SSSR count). The Morgan fingerprint density at radius 1 is 0.929 bits per heavy atom. The largest absolute Gasteiger partial charge is 0.480 e. The van der Waals surface area contributed by atoms with E-state index in [9.17, 15) is 24.0 Å². The molecule has 0 aromatic rings. The summed E-state index contributed by atoms with van der Waals surface area (Å²) in [5.74, 6) is -4.56. The number of primary amides is 1. The van der Waals surface area contributed by atoms with Crippen LogP contribution in [0.5, 0.6) is 0 Å². The topological polar surface area (TPSA) is 194 Å². The van der Waals surface area contributed by atoms with Crippen molar-refractivity contribution < 1.29 is 29.1 Å². The second-order valence-corrected chi connectivity index (χ2v) is 6.99. The molecule has 0 aliphatic carbocycles. The number of rotatable bonds is 12. The molecular weight excluding hydrogens is 370 g/mol. The Balaban J connectivity index is 5.26. The van der Waals surface area contributed by atoms with E-state index in [0.717, 1.165) is 0 Å². The van der Waals surface area contributed by atoms with Crippen molar-refractivity contribution >= 4 is 29.6 Å². The molecular formula is C17H31N5O6. The number of hydrogen-bond donors (Lipinski definition) is 6. The zero-order valence-electron chi connectivity index (χ0n) is 16.7. The lowest BCUT2D eigenvalue weighted by atomic mass is 9.96. The smallest absolute Gasteiger partial charge is 0.322 e. The third-order valence-corrected chi connectivity index (χ3v) is 4.21. The van der Waals surface area contributed by atoms with Crippen LogP contribution in [0, 0.1) is 11.8 Å². The van der Waals surface area contributed by atoms with Gasteiger partial charge in [-0.05, 0) is 11.8 Å². The van der Waals surface area contributed by atoms with Gasteiger partial charge in [-0.15, -0.1) is 0 Å². The van der Waals surface area contributed by atoms with Gasteiger partial charge in [0.05, 0.1) is 12.5 Å². The molecule has 4 atom stereocenters. The van der Waals surface area contributed by atoms with E-state index in [2.05, 4.69) is 16.0 Å². The van der Waals surface area contributed by atoms with E-state index >= 15 is 0 Å². The fraction of sp³-hybridized carbons (Fsp3) is 0.706. The number of nitrogens with one attached hydrogen (secondary N) is 3. The summed E-state index contributed by atoms with van der Waals surface area (Å²) in [6.45, 7) is 6.35. The van der Waals surface area contributed by atoms with Gasteiger partial charge in [-0.25, -0.2) is 0 Å². The third kappa shape index (κ3) is 8.80. The molecule has 0 aromatic carbocycles. The number of nitrogens with two attached hydrogens (primary N) is 2. The van der Waals surface area contributed by atoms with Crippen LogP contribution in [0.25, 0.3) is 0 Å². The summed E-state index contributed by atoms with van der Waals surface area (Å²) in [6, 6.07) is -3.18. The lowest BCUT2D eigenvalue weighted by Gasteiger charge is -2.28. The Hall–Kier alpha value is -2.69. The summed E-state index contributed by atoms with van der Waals surface area (Å²) >= 11 is 0. The van der Waals surface area contributed by atoms with Crippen molar-refractivity contribution in [1.82, 2.24) is 16.0 Å². The van der Waals surface area contributed by atoms with Crippen LogP contribution in [-0.2, 0) is 24.0 Å². The maximum absolute atomic E-state index is 12.7. The molecule has 0 saturated heterocycles. The van der Waals surface area contributed by atoms with Crippen LogP contribution < -0.4 is 27.4 Å². The van der Waals surface area contributed by atoms with E-state index in [1.54, 1.807) is 20.8 Å². The summed E-state index contributed by atoms with van der Waals surface area (Å²) in [5, 5.41) is 15.9. The van der Waals surface area contributed by atoms with Crippen molar-refractivity contribution in [3.8, 4) is 0 Å². The van der Waals surface area contributed by atoms with E-state index in [1.807, 2.05) is 6.92 Å². The molecule has 0 heterocycles. The van der Waals surface area contributed by atoms with Gasteiger partial charge in [-0.1, -0.05) is 34.1 Å². The molecule has 0 aromatic heterocycles. The first-order chi connectivity index (χ1) is 12.9. The Morgan fingerprint density at radius 3 is 1.89 bits per heavy atom. The van der Waals surface area contributed by atoms with Crippen LogP contribution in [0.1, 0.15) is 40.5 Å². The molecule has 28 heavy (non-hydrogen) atoms. The van der Waals surface area contributed by atoms with Gasteiger partial charge in [0.2, 0.25) is 23.6 Å². The van der Waals surface area contributed by atoms with Crippen molar-refractivity contribution in [3.63, 3.8) is 0 Å². The van der Waals surface area contributed by atoms with Gasteiger partial charge in [0.25, 0.3) is 0 Å². The zero-order valence-corrected chi connectivity index (χ0v) is 16.7. The maximum atomic E-state index is 12.7. The number of hydrogen-bond acceptors (Lipinski definition) is 6. The summed E-state index contributed by atoms with van der Waals surface area (Å²) in [4.78, 5) is 58.6. The van der Waals surface area contributed by atoms with Gasteiger partial charge in [0.15, 0.2) is 0 Å². The molecule has 160 valence electrons. The summed E-state index contributed by atoms with van der Waals surface area (Å²) < 4.78 is 0. The van der Waals surface area contributed by atoms with Crippen molar-refractivity contribution in [3.05, 3.63) is 0 Å². The number of amides is 4. The monoisotopic (exact) mass is 401 g/mol. The molecule has 0 aliphatic rings. The van der Waals surface area contributed by atoms with E-state index < -0.39 is 54.3 Å². The van der Waals surface area contributed by atoms with Crippen molar-refractivity contribution in [2.75, 3.05) is 6.54 Å². The standard InChI is InChI=1S/C17H31N5O6/c1-5-9(4)14(22-15(26)10(18)6-11(19)23)17(28)21-13(8(2)3)16(27)20-7-12(24)25/h8-10,13-14H,5-7,18H2,1-4H3,(H2,19,23)(H,20,27)(H,21,28)(H,22,26)(H,24,25). The molecule has 0 radical (unpaired) electrons. The lowest BCUT2D eigenvalue weighted by molar-refractivity contribution is -0.139. The Morgan fingerprint density at radius 2 is 1.46 bits per heavy atom. The van der Waals surface area contributed by atoms with E-state index in [4.69, 9.17) is 16.6 Å². The van der Waals surface area contributed by atoms with Crippen molar-refractivity contribution in [1.29, 1.82) is 0 Å². The van der Waals surface area contributed by atoms with Gasteiger partial charge < -0.3 is 32.5 Å². The number of carboxylic acid groups (broad SMARTS) is 1. The normalized spacial score (nSPS) is 15.1. The molecule has 0 fully saturated rings. The predicted molar refractivity (Wildman–Crippen MR) is 101 cm³/mol. The first-order valence-corrected chi connectivity index (χ1v) is 9.04. The highest BCUT2D eigenvalue weighted by molar-refractivity contribution is 5.94. The first-order valence-electron chi connectivity index (χ1n) is 9.04. The zero-order chi connectivity index (χ0) is 22.0. The molecule has 8 N–H and O–H groups in total. The lowest BCUT2D eigenvalue weighted by Crippen LogP contribution is -2.59. The molecule has 0 saturated carbocycles. The predicted octanol–water partition coefficient (Wildman–Crippen LogP) is -1.94. The molecule has 0 aliphatic heterocycles. The average molecular weight is 401 g/mol. The van der Waals surface area contributed by atoms with Gasteiger partial charge in [0.1, 0.15) is 18.6 Å². The Bertz CT molecular complexity index is 595. The molecule has 11 heteroatoms. The quantitative estimate of drug-likeness (QED) is 0.219. The van der Waals surface area contributed by atoms with Crippen molar-refractivity contribution in [2.24, 2.45) is 23.3 Å². The van der Waals surface area contributed by atoms with Crippen LogP contribution in [0.15, 0.2) is 0 Å². The molecule has 0 spiro atoms.